The van der Waals surface area contributed by atoms with Crippen molar-refractivity contribution in [1.82, 2.24) is 24.5 Å². The van der Waals surface area contributed by atoms with Gasteiger partial charge in [0.05, 0.1) is 21.7 Å². The molecule has 0 aliphatic heterocycles. The van der Waals surface area contributed by atoms with E-state index in [-0.39, 0.29) is 16.7 Å². The van der Waals surface area contributed by atoms with Crippen molar-refractivity contribution in [2.24, 2.45) is 11.8 Å². The highest BCUT2D eigenvalue weighted by molar-refractivity contribution is 6.31. The molecule has 0 amide bonds. The summed E-state index contributed by atoms with van der Waals surface area (Å²) >= 11 is 12.5. The molecule has 4 aromatic heterocycles. The van der Waals surface area contributed by atoms with Gasteiger partial charge in [-0.1, -0.05) is 43.0 Å². The Morgan fingerprint density at radius 2 is 1.94 bits per heavy atom. The first-order valence-corrected chi connectivity index (χ1v) is 12.0. The molecular weight excluding hydrogens is 476 g/mol. The second-order valence-electron chi connectivity index (χ2n) is 8.89. The molecule has 0 saturated heterocycles. The predicted octanol–water partition coefficient (Wildman–Crippen LogP) is 6.39. The van der Waals surface area contributed by atoms with Gasteiger partial charge in [0.2, 0.25) is 5.78 Å². The van der Waals surface area contributed by atoms with E-state index in [4.69, 9.17) is 23.2 Å². The van der Waals surface area contributed by atoms with E-state index in [0.29, 0.717) is 45.7 Å². The van der Waals surface area contributed by atoms with Crippen molar-refractivity contribution in [1.29, 1.82) is 0 Å². The lowest BCUT2D eigenvalue weighted by Gasteiger charge is -2.27. The molecule has 9 heteroatoms. The van der Waals surface area contributed by atoms with Crippen molar-refractivity contribution in [2.45, 2.75) is 39.2 Å². The molecule has 0 aromatic carbocycles. The van der Waals surface area contributed by atoms with Crippen LogP contribution < -0.4 is 0 Å². The molecule has 4 heterocycles. The molecule has 1 saturated carbocycles. The van der Waals surface area contributed by atoms with Crippen molar-refractivity contribution in [3.8, 4) is 11.3 Å². The minimum atomic E-state index is -0.687. The standard InChI is InChI=1S/C25H22Cl2FN5O/c1-14-4-6-15(7-5-14)13-33-23-19(31-25(33)24(34)22-18(28)3-2-8-30-22)10-20(27)32-21(23)16-9-17(26)12-29-11-16/h2-3,8-12,14-15H,4-7,13H2,1H3/t14-,15-. The number of halogens is 3. The van der Waals surface area contributed by atoms with E-state index in [1.807, 2.05) is 4.57 Å². The lowest BCUT2D eigenvalue weighted by molar-refractivity contribution is 0.101. The second-order valence-corrected chi connectivity index (χ2v) is 9.71. The summed E-state index contributed by atoms with van der Waals surface area (Å²) in [5.41, 5.74) is 2.06. The van der Waals surface area contributed by atoms with Crippen LogP contribution in [0.3, 0.4) is 0 Å². The normalized spacial score (nSPS) is 18.4. The van der Waals surface area contributed by atoms with E-state index in [2.05, 4.69) is 26.9 Å². The third kappa shape index (κ3) is 4.42. The van der Waals surface area contributed by atoms with Crippen molar-refractivity contribution >= 4 is 40.0 Å². The number of aromatic nitrogens is 5. The molecule has 0 N–H and O–H groups in total. The van der Waals surface area contributed by atoms with Crippen molar-refractivity contribution in [3.63, 3.8) is 0 Å². The van der Waals surface area contributed by atoms with Crippen LogP contribution in [0.15, 0.2) is 42.9 Å². The third-order valence-electron chi connectivity index (χ3n) is 6.42. The van der Waals surface area contributed by atoms with Gasteiger partial charge in [-0.25, -0.2) is 19.3 Å². The van der Waals surface area contributed by atoms with E-state index >= 15 is 0 Å². The maximum atomic E-state index is 14.5. The van der Waals surface area contributed by atoms with Gasteiger partial charge in [-0.3, -0.25) is 9.78 Å². The molecule has 0 atom stereocenters. The van der Waals surface area contributed by atoms with Gasteiger partial charge in [0.1, 0.15) is 10.8 Å². The highest BCUT2D eigenvalue weighted by Crippen LogP contribution is 2.35. The van der Waals surface area contributed by atoms with E-state index in [1.165, 1.54) is 24.5 Å². The zero-order chi connectivity index (χ0) is 23.8. The zero-order valence-electron chi connectivity index (χ0n) is 18.5. The number of nitrogens with zero attached hydrogens (tertiary/aromatic N) is 5. The maximum Gasteiger partial charge on any atom is 0.249 e. The minimum Gasteiger partial charge on any atom is -0.319 e. The van der Waals surface area contributed by atoms with Crippen LogP contribution in [0.1, 0.15) is 48.9 Å². The smallest absolute Gasteiger partial charge is 0.249 e. The number of ketones is 1. The number of carbonyl (C=O) groups excluding carboxylic acids is 1. The molecule has 0 unspecified atom stereocenters. The topological polar surface area (TPSA) is 73.6 Å². The predicted molar refractivity (Wildman–Crippen MR) is 130 cm³/mol. The second kappa shape index (κ2) is 9.39. The average Bonchev–Trinajstić information content (AvgIpc) is 3.17. The number of hydrogen-bond acceptors (Lipinski definition) is 5. The molecule has 34 heavy (non-hydrogen) atoms. The quantitative estimate of drug-likeness (QED) is 0.236. The van der Waals surface area contributed by atoms with Gasteiger partial charge in [-0.05, 0) is 42.9 Å². The Balaban J connectivity index is 1.72. The number of imidazole rings is 1. The van der Waals surface area contributed by atoms with Gasteiger partial charge in [0.25, 0.3) is 0 Å². The summed E-state index contributed by atoms with van der Waals surface area (Å²) in [7, 11) is 0. The number of pyridine rings is 3. The molecule has 1 aliphatic rings. The summed E-state index contributed by atoms with van der Waals surface area (Å²) in [6.07, 6.45) is 8.92. The first-order valence-electron chi connectivity index (χ1n) is 11.2. The van der Waals surface area contributed by atoms with Crippen LogP contribution in [-0.4, -0.2) is 30.3 Å². The third-order valence-corrected chi connectivity index (χ3v) is 6.82. The Labute approximate surface area is 206 Å². The van der Waals surface area contributed by atoms with Crippen LogP contribution in [0, 0.1) is 17.7 Å². The van der Waals surface area contributed by atoms with Gasteiger partial charge in [0, 0.05) is 36.8 Å². The molecule has 174 valence electrons. The van der Waals surface area contributed by atoms with Crippen LogP contribution in [0.2, 0.25) is 10.2 Å². The number of rotatable bonds is 5. The highest BCUT2D eigenvalue weighted by atomic mass is 35.5. The molecule has 0 spiro atoms. The summed E-state index contributed by atoms with van der Waals surface area (Å²) in [6.45, 7) is 2.82. The van der Waals surface area contributed by atoms with Crippen molar-refractivity contribution in [3.05, 3.63) is 70.4 Å². The van der Waals surface area contributed by atoms with Gasteiger partial charge >= 0.3 is 0 Å². The first-order chi connectivity index (χ1) is 16.4. The van der Waals surface area contributed by atoms with Gasteiger partial charge in [-0.2, -0.15) is 0 Å². The van der Waals surface area contributed by atoms with Crippen molar-refractivity contribution in [2.75, 3.05) is 0 Å². The molecule has 1 aliphatic carbocycles. The maximum absolute atomic E-state index is 14.5. The summed E-state index contributed by atoms with van der Waals surface area (Å²) in [6, 6.07) is 6.03. The minimum absolute atomic E-state index is 0.117. The molecule has 0 radical (unpaired) electrons. The van der Waals surface area contributed by atoms with Crippen LogP contribution >= 0.6 is 23.2 Å². The summed E-state index contributed by atoms with van der Waals surface area (Å²) < 4.78 is 16.3. The molecule has 1 fully saturated rings. The SMILES string of the molecule is C[C@H]1CC[C@H](Cn2c(C(=O)c3ncccc3F)nc3cc(Cl)nc(-c4cncc(Cl)c4)c32)CC1. The van der Waals surface area contributed by atoms with E-state index < -0.39 is 11.6 Å². The van der Waals surface area contributed by atoms with Crippen LogP contribution in [0.4, 0.5) is 4.39 Å². The fourth-order valence-corrected chi connectivity index (χ4v) is 5.01. The Hall–Kier alpha value is -2.90. The number of carbonyl (C=O) groups is 1. The lowest BCUT2D eigenvalue weighted by Crippen LogP contribution is -2.21. The summed E-state index contributed by atoms with van der Waals surface area (Å²) in [5.74, 6) is -0.105. The van der Waals surface area contributed by atoms with Gasteiger partial charge in [0.15, 0.2) is 11.6 Å². The molecule has 6 nitrogen and oxygen atoms in total. The Morgan fingerprint density at radius 1 is 1.15 bits per heavy atom. The monoisotopic (exact) mass is 497 g/mol. The van der Waals surface area contributed by atoms with Crippen molar-refractivity contribution < 1.29 is 9.18 Å². The van der Waals surface area contributed by atoms with Gasteiger partial charge in [-0.15, -0.1) is 0 Å². The first kappa shape index (κ1) is 22.9. The molecule has 5 rings (SSSR count). The molecular formula is C25H22Cl2FN5O. The van der Waals surface area contributed by atoms with E-state index in [1.54, 1.807) is 18.3 Å². The van der Waals surface area contributed by atoms with Crippen LogP contribution in [0.5, 0.6) is 0 Å². The Bertz CT molecular complexity index is 1380. The Morgan fingerprint density at radius 3 is 2.68 bits per heavy atom. The average molecular weight is 498 g/mol. The lowest BCUT2D eigenvalue weighted by atomic mass is 9.83. The fourth-order valence-electron chi connectivity index (χ4n) is 4.65. The molecule has 0 bridgehead atoms. The Kier molecular flexibility index (Phi) is 6.32. The van der Waals surface area contributed by atoms with Gasteiger partial charge < -0.3 is 4.57 Å². The molecule has 4 aromatic rings. The highest BCUT2D eigenvalue weighted by Gasteiger charge is 2.28. The number of fused-ring (bicyclic) bond motifs is 1. The fraction of sp³-hybridized carbons (Fsp3) is 0.320. The number of hydrogen-bond donors (Lipinski definition) is 0. The van der Waals surface area contributed by atoms with Crippen LogP contribution in [-0.2, 0) is 6.54 Å². The summed E-state index contributed by atoms with van der Waals surface area (Å²) in [5, 5.41) is 0.674. The van der Waals surface area contributed by atoms with E-state index in [9.17, 15) is 9.18 Å². The zero-order valence-corrected chi connectivity index (χ0v) is 20.0. The van der Waals surface area contributed by atoms with Crippen LogP contribution in [0.25, 0.3) is 22.3 Å². The van der Waals surface area contributed by atoms with E-state index in [0.717, 1.165) is 25.7 Å². The largest absolute Gasteiger partial charge is 0.319 e. The summed E-state index contributed by atoms with van der Waals surface area (Å²) in [4.78, 5) is 30.8.